The van der Waals surface area contributed by atoms with E-state index in [9.17, 15) is 9.59 Å². The number of carbonyl (C=O) groups excluding carboxylic acids is 2. The number of nitrogens with zero attached hydrogens (tertiary/aromatic N) is 1. The molecule has 4 N–H and O–H groups in total. The summed E-state index contributed by atoms with van der Waals surface area (Å²) in [5, 5.41) is 5.85. The number of benzene rings is 1. The standard InChI is InChI=1S/C23H32N4O2/c1-14(27-13-19(24)9-18-4-2-3-5-20(18)27)21(28)25-22(29)26-23-10-15-6-16(11-23)8-17(7-15)12-23/h2-5,14-17,19H,6-13,24H2,1H3,(H2,25,26,28,29). The number of para-hydroxylation sites is 1. The molecule has 4 saturated carbocycles. The maximum absolute atomic E-state index is 12.9. The molecule has 6 nitrogen and oxygen atoms in total. The average Bonchev–Trinajstić information content (AvgIpc) is 2.65. The number of urea groups is 1. The molecular formula is C23H32N4O2. The fraction of sp³-hybridized carbons (Fsp3) is 0.652. The predicted octanol–water partition coefficient (Wildman–Crippen LogP) is 2.56. The van der Waals surface area contributed by atoms with Crippen LogP contribution in [0, 0.1) is 17.8 Å². The summed E-state index contributed by atoms with van der Waals surface area (Å²) < 4.78 is 0. The van der Waals surface area contributed by atoms with Crippen LogP contribution in [0.25, 0.3) is 0 Å². The van der Waals surface area contributed by atoms with Crippen LogP contribution in [0.3, 0.4) is 0 Å². The summed E-state index contributed by atoms with van der Waals surface area (Å²) in [6.45, 7) is 2.46. The van der Waals surface area contributed by atoms with Crippen molar-refractivity contribution < 1.29 is 9.59 Å². The normalized spacial score (nSPS) is 35.7. The van der Waals surface area contributed by atoms with E-state index in [0.29, 0.717) is 6.54 Å². The molecule has 0 spiro atoms. The zero-order valence-corrected chi connectivity index (χ0v) is 17.2. The van der Waals surface area contributed by atoms with Crippen LogP contribution in [-0.2, 0) is 11.2 Å². The zero-order chi connectivity index (χ0) is 20.2. The lowest BCUT2D eigenvalue weighted by Gasteiger charge is -2.56. The van der Waals surface area contributed by atoms with Crippen LogP contribution in [0.15, 0.2) is 24.3 Å². The van der Waals surface area contributed by atoms with E-state index in [4.69, 9.17) is 5.73 Å². The second kappa shape index (κ2) is 7.01. The summed E-state index contributed by atoms with van der Waals surface area (Å²) in [4.78, 5) is 27.7. The van der Waals surface area contributed by atoms with Gasteiger partial charge < -0.3 is 16.0 Å². The fourth-order valence-electron chi connectivity index (χ4n) is 6.92. The van der Waals surface area contributed by atoms with Gasteiger partial charge in [0.25, 0.3) is 0 Å². The molecule has 6 heteroatoms. The minimum absolute atomic E-state index is 0.0130. The van der Waals surface area contributed by atoms with E-state index in [1.165, 1.54) is 19.3 Å². The highest BCUT2D eigenvalue weighted by molar-refractivity contribution is 5.98. The lowest BCUT2D eigenvalue weighted by atomic mass is 9.53. The van der Waals surface area contributed by atoms with Gasteiger partial charge in [0.15, 0.2) is 0 Å². The Morgan fingerprint density at radius 2 is 1.72 bits per heavy atom. The molecule has 3 amide bonds. The van der Waals surface area contributed by atoms with E-state index in [2.05, 4.69) is 16.7 Å². The lowest BCUT2D eigenvalue weighted by Crippen LogP contribution is -2.63. The van der Waals surface area contributed by atoms with E-state index < -0.39 is 6.04 Å². The Balaban J connectivity index is 1.24. The maximum Gasteiger partial charge on any atom is 0.321 e. The van der Waals surface area contributed by atoms with Gasteiger partial charge in [-0.1, -0.05) is 18.2 Å². The number of hydrogen-bond acceptors (Lipinski definition) is 4. The second-order valence-corrected chi connectivity index (χ2v) is 10.1. The van der Waals surface area contributed by atoms with Crippen LogP contribution in [0.1, 0.15) is 51.0 Å². The average molecular weight is 397 g/mol. The van der Waals surface area contributed by atoms with Crippen LogP contribution in [0.5, 0.6) is 0 Å². The van der Waals surface area contributed by atoms with Crippen molar-refractivity contribution in [3.63, 3.8) is 0 Å². The Hall–Kier alpha value is -2.08. The van der Waals surface area contributed by atoms with Crippen molar-refractivity contribution in [2.75, 3.05) is 11.4 Å². The van der Waals surface area contributed by atoms with E-state index in [0.717, 1.165) is 54.7 Å². The van der Waals surface area contributed by atoms with Gasteiger partial charge in [-0.3, -0.25) is 10.1 Å². The number of nitrogens with one attached hydrogen (secondary N) is 2. The number of imide groups is 1. The van der Waals surface area contributed by atoms with Crippen LogP contribution in [-0.4, -0.2) is 36.1 Å². The van der Waals surface area contributed by atoms with Gasteiger partial charge in [-0.25, -0.2) is 4.79 Å². The topological polar surface area (TPSA) is 87.5 Å². The Bertz CT molecular complexity index is 788. The van der Waals surface area contributed by atoms with Crippen LogP contribution in [0.2, 0.25) is 0 Å². The highest BCUT2D eigenvalue weighted by Crippen LogP contribution is 2.55. The first-order valence-electron chi connectivity index (χ1n) is 11.1. The number of fused-ring (bicyclic) bond motifs is 1. The first-order valence-corrected chi connectivity index (χ1v) is 11.1. The molecule has 156 valence electrons. The van der Waals surface area contributed by atoms with Gasteiger partial charge in [0.1, 0.15) is 6.04 Å². The Morgan fingerprint density at radius 3 is 2.38 bits per heavy atom. The molecule has 1 aromatic carbocycles. The van der Waals surface area contributed by atoms with Crippen molar-refractivity contribution in [1.29, 1.82) is 0 Å². The highest BCUT2D eigenvalue weighted by atomic mass is 16.2. The van der Waals surface area contributed by atoms with E-state index in [-0.39, 0.29) is 23.5 Å². The molecule has 29 heavy (non-hydrogen) atoms. The van der Waals surface area contributed by atoms with Gasteiger partial charge in [0.05, 0.1) is 0 Å². The molecule has 1 aromatic rings. The van der Waals surface area contributed by atoms with Crippen molar-refractivity contribution in [2.24, 2.45) is 23.5 Å². The number of rotatable bonds is 3. The smallest absolute Gasteiger partial charge is 0.321 e. The summed E-state index contributed by atoms with van der Waals surface area (Å²) >= 11 is 0. The minimum atomic E-state index is -0.454. The van der Waals surface area contributed by atoms with Crippen molar-refractivity contribution in [3.05, 3.63) is 29.8 Å². The summed E-state index contributed by atoms with van der Waals surface area (Å²) in [7, 11) is 0. The van der Waals surface area contributed by atoms with Gasteiger partial charge in [0.2, 0.25) is 5.91 Å². The third-order valence-electron chi connectivity index (χ3n) is 7.71. The predicted molar refractivity (Wildman–Crippen MR) is 113 cm³/mol. The molecule has 5 aliphatic rings. The van der Waals surface area contributed by atoms with Crippen molar-refractivity contribution in [3.8, 4) is 0 Å². The summed E-state index contributed by atoms with van der Waals surface area (Å²) in [5.74, 6) is 1.99. The SMILES string of the molecule is CC(C(=O)NC(=O)NC12CC3CC(CC(C3)C1)C2)N1CC(N)Cc2ccccc21. The molecule has 1 aliphatic heterocycles. The van der Waals surface area contributed by atoms with Gasteiger partial charge in [0, 0.05) is 23.8 Å². The van der Waals surface area contributed by atoms with E-state index >= 15 is 0 Å². The Labute approximate surface area is 172 Å². The van der Waals surface area contributed by atoms with Crippen LogP contribution in [0.4, 0.5) is 10.5 Å². The monoisotopic (exact) mass is 396 g/mol. The van der Waals surface area contributed by atoms with E-state index in [1.807, 2.05) is 30.0 Å². The van der Waals surface area contributed by atoms with Gasteiger partial charge in [-0.2, -0.15) is 0 Å². The highest BCUT2D eigenvalue weighted by Gasteiger charge is 2.51. The molecule has 0 saturated heterocycles. The van der Waals surface area contributed by atoms with Crippen molar-refractivity contribution in [2.45, 2.75) is 69.5 Å². The molecule has 4 aliphatic carbocycles. The Morgan fingerprint density at radius 1 is 1.10 bits per heavy atom. The zero-order valence-electron chi connectivity index (χ0n) is 17.2. The molecule has 1 heterocycles. The number of hydrogen-bond donors (Lipinski definition) is 3. The van der Waals surface area contributed by atoms with Gasteiger partial charge in [-0.05, 0) is 81.3 Å². The molecular weight excluding hydrogens is 364 g/mol. The molecule has 4 bridgehead atoms. The first kappa shape index (κ1) is 18.9. The largest absolute Gasteiger partial charge is 0.358 e. The van der Waals surface area contributed by atoms with Crippen LogP contribution < -0.4 is 21.3 Å². The third kappa shape index (κ3) is 3.52. The number of anilines is 1. The quantitative estimate of drug-likeness (QED) is 0.733. The minimum Gasteiger partial charge on any atom is -0.358 e. The molecule has 0 radical (unpaired) electrons. The molecule has 2 atom stereocenters. The first-order chi connectivity index (χ1) is 13.9. The van der Waals surface area contributed by atoms with Crippen molar-refractivity contribution in [1.82, 2.24) is 10.6 Å². The van der Waals surface area contributed by atoms with Crippen LogP contribution >= 0.6 is 0 Å². The second-order valence-electron chi connectivity index (χ2n) is 10.1. The molecule has 2 unspecified atom stereocenters. The number of carbonyl (C=O) groups is 2. The Kier molecular flexibility index (Phi) is 4.57. The summed E-state index contributed by atoms with van der Waals surface area (Å²) in [6.07, 6.45) is 8.01. The third-order valence-corrected chi connectivity index (χ3v) is 7.71. The molecule has 4 fully saturated rings. The molecule has 6 rings (SSSR count). The fourth-order valence-corrected chi connectivity index (χ4v) is 6.92. The molecule has 0 aromatic heterocycles. The van der Waals surface area contributed by atoms with E-state index in [1.54, 1.807) is 0 Å². The summed E-state index contributed by atoms with van der Waals surface area (Å²) in [5.41, 5.74) is 8.32. The van der Waals surface area contributed by atoms with Gasteiger partial charge in [-0.15, -0.1) is 0 Å². The summed E-state index contributed by atoms with van der Waals surface area (Å²) in [6, 6.07) is 7.27. The lowest BCUT2D eigenvalue weighted by molar-refractivity contribution is -0.121. The van der Waals surface area contributed by atoms with Crippen molar-refractivity contribution >= 4 is 17.6 Å². The van der Waals surface area contributed by atoms with Gasteiger partial charge >= 0.3 is 6.03 Å². The number of amides is 3. The number of nitrogens with two attached hydrogens (primary N) is 1. The maximum atomic E-state index is 12.9.